The first-order valence-electron chi connectivity index (χ1n) is 16.4. The second-order valence-corrected chi connectivity index (χ2v) is 13.4. The fraction of sp³-hybridized carbons (Fsp3) is 0.512. The predicted molar refractivity (Wildman–Crippen MR) is 184 cm³/mol. The van der Waals surface area contributed by atoms with Gasteiger partial charge >= 0.3 is 0 Å². The summed E-state index contributed by atoms with van der Waals surface area (Å²) in [6.07, 6.45) is 14.2. The lowest BCUT2D eigenvalue weighted by Gasteiger charge is -2.38. The van der Waals surface area contributed by atoms with Gasteiger partial charge in [0.2, 0.25) is 0 Å². The van der Waals surface area contributed by atoms with E-state index in [1.165, 1.54) is 83.1 Å². The maximum absolute atomic E-state index is 4.52. The second kappa shape index (κ2) is 15.0. The third-order valence-corrected chi connectivity index (χ3v) is 10.1. The molecule has 0 heteroatoms. The highest BCUT2D eigenvalue weighted by molar-refractivity contribution is 5.65. The molecular formula is C41H58. The molecule has 2 unspecified atom stereocenters. The Hall–Kier alpha value is -2.60. The van der Waals surface area contributed by atoms with Crippen LogP contribution in [0.15, 0.2) is 84.0 Å². The molecule has 0 fully saturated rings. The summed E-state index contributed by atoms with van der Waals surface area (Å²) >= 11 is 0. The van der Waals surface area contributed by atoms with E-state index in [1.54, 1.807) is 11.1 Å². The Bertz CT molecular complexity index is 1240. The van der Waals surface area contributed by atoms with Crippen molar-refractivity contribution < 1.29 is 0 Å². The van der Waals surface area contributed by atoms with Gasteiger partial charge in [0, 0.05) is 5.92 Å². The zero-order valence-electron chi connectivity index (χ0n) is 27.8. The Morgan fingerprint density at radius 1 is 0.878 bits per heavy atom. The molecule has 222 valence electrons. The summed E-state index contributed by atoms with van der Waals surface area (Å²) in [5, 5.41) is 0. The molecule has 0 saturated heterocycles. The Morgan fingerprint density at radius 2 is 1.59 bits per heavy atom. The lowest BCUT2D eigenvalue weighted by atomic mass is 9.66. The molecule has 2 aromatic carbocycles. The fourth-order valence-corrected chi connectivity index (χ4v) is 6.69. The van der Waals surface area contributed by atoms with Crippen molar-refractivity contribution in [2.45, 2.75) is 126 Å². The number of rotatable bonds is 15. The van der Waals surface area contributed by atoms with E-state index >= 15 is 0 Å². The van der Waals surface area contributed by atoms with Gasteiger partial charge < -0.3 is 0 Å². The monoisotopic (exact) mass is 550 g/mol. The van der Waals surface area contributed by atoms with Crippen molar-refractivity contribution >= 4 is 5.57 Å². The average molecular weight is 551 g/mol. The van der Waals surface area contributed by atoms with Crippen molar-refractivity contribution in [2.75, 3.05) is 0 Å². The molecule has 0 spiro atoms. The lowest BCUT2D eigenvalue weighted by Crippen LogP contribution is -2.24. The predicted octanol–water partition coefficient (Wildman–Crippen LogP) is 12.4. The first-order valence-corrected chi connectivity index (χ1v) is 16.4. The molecule has 0 heterocycles. The maximum atomic E-state index is 4.52. The highest BCUT2D eigenvalue weighted by atomic mass is 14.4. The molecule has 0 nitrogen and oxygen atoms in total. The Morgan fingerprint density at radius 3 is 2.22 bits per heavy atom. The van der Waals surface area contributed by atoms with Crippen LogP contribution in [0.5, 0.6) is 0 Å². The number of hydrogen-bond donors (Lipinski definition) is 0. The van der Waals surface area contributed by atoms with Crippen LogP contribution in [0.4, 0.5) is 0 Å². The first-order chi connectivity index (χ1) is 19.5. The van der Waals surface area contributed by atoms with Crippen LogP contribution in [-0.2, 0) is 19.3 Å². The van der Waals surface area contributed by atoms with Crippen molar-refractivity contribution in [3.05, 3.63) is 112 Å². The van der Waals surface area contributed by atoms with Gasteiger partial charge in [-0.05, 0) is 122 Å². The van der Waals surface area contributed by atoms with Crippen LogP contribution in [0.1, 0.15) is 134 Å². The molecule has 3 rings (SSSR count). The van der Waals surface area contributed by atoms with Crippen LogP contribution < -0.4 is 0 Å². The molecule has 1 aliphatic rings. The van der Waals surface area contributed by atoms with Crippen molar-refractivity contribution in [1.82, 2.24) is 0 Å². The van der Waals surface area contributed by atoms with E-state index in [1.807, 2.05) is 0 Å². The molecule has 0 aliphatic heterocycles. The lowest BCUT2D eigenvalue weighted by molar-refractivity contribution is 0.401. The zero-order chi connectivity index (χ0) is 30.2. The molecule has 0 saturated carbocycles. The summed E-state index contributed by atoms with van der Waals surface area (Å²) in [5.74, 6) is 0.811. The van der Waals surface area contributed by atoms with Crippen LogP contribution in [0, 0.1) is 11.3 Å². The van der Waals surface area contributed by atoms with Crippen LogP contribution in [-0.4, -0.2) is 0 Å². The third kappa shape index (κ3) is 8.24. The summed E-state index contributed by atoms with van der Waals surface area (Å²) in [5.41, 5.74) is 14.6. The van der Waals surface area contributed by atoms with Gasteiger partial charge in [-0.2, -0.15) is 0 Å². The van der Waals surface area contributed by atoms with Gasteiger partial charge in [-0.1, -0.05) is 120 Å². The normalized spacial score (nSPS) is 15.7. The molecule has 0 N–H and O–H groups in total. The van der Waals surface area contributed by atoms with E-state index in [9.17, 15) is 0 Å². The SMILES string of the molecule is C=CC(C)(C)C(C1=C(C)C(C)=C(C)CC1)c1ccc(CCC(C)C(=C)c2ccc(CCCCCC)cc2)c(CC)c1. The van der Waals surface area contributed by atoms with Gasteiger partial charge in [0.1, 0.15) is 0 Å². The molecule has 0 aromatic heterocycles. The van der Waals surface area contributed by atoms with Crippen molar-refractivity contribution in [3.8, 4) is 0 Å². The van der Waals surface area contributed by atoms with Crippen molar-refractivity contribution in [2.24, 2.45) is 11.3 Å². The van der Waals surface area contributed by atoms with Crippen molar-refractivity contribution in [3.63, 3.8) is 0 Å². The minimum atomic E-state index is -0.00798. The molecule has 0 radical (unpaired) electrons. The second-order valence-electron chi connectivity index (χ2n) is 13.4. The first kappa shape index (κ1) is 32.9. The molecule has 0 amide bonds. The van der Waals surface area contributed by atoms with Crippen LogP contribution >= 0.6 is 0 Å². The Balaban J connectivity index is 1.75. The standard InChI is InChI=1S/C41H58/c1-11-14-15-16-17-34-20-23-36(24-21-34)32(7)30(5)18-22-37-25-26-38(28-35(37)12-2)40(41(9,10)13-3)39-27-19-29(4)31(6)33(39)8/h13,20-21,23-26,28,30,40H,3,7,11-12,14-19,22,27H2,1-2,4-6,8-10H3. The number of hydrogen-bond acceptors (Lipinski definition) is 0. The average Bonchev–Trinajstić information content (AvgIpc) is 2.98. The third-order valence-electron chi connectivity index (χ3n) is 10.1. The smallest absolute Gasteiger partial charge is 0.0140 e. The summed E-state index contributed by atoms with van der Waals surface area (Å²) in [4.78, 5) is 0. The quantitative estimate of drug-likeness (QED) is 0.153. The summed E-state index contributed by atoms with van der Waals surface area (Å²) in [6.45, 7) is 27.4. The highest BCUT2D eigenvalue weighted by Gasteiger charge is 2.33. The Kier molecular flexibility index (Phi) is 12.1. The van der Waals surface area contributed by atoms with E-state index in [0.717, 1.165) is 25.7 Å². The van der Waals surface area contributed by atoms with Gasteiger partial charge in [0.15, 0.2) is 0 Å². The van der Waals surface area contributed by atoms with E-state index < -0.39 is 0 Å². The maximum Gasteiger partial charge on any atom is 0.0140 e. The fourth-order valence-electron chi connectivity index (χ4n) is 6.69. The largest absolute Gasteiger partial charge is 0.103 e. The number of aryl methyl sites for hydroxylation is 3. The number of unbranched alkanes of at least 4 members (excludes halogenated alkanes) is 3. The summed E-state index contributed by atoms with van der Waals surface area (Å²) in [7, 11) is 0. The summed E-state index contributed by atoms with van der Waals surface area (Å²) in [6, 6.07) is 16.6. The van der Waals surface area contributed by atoms with Gasteiger partial charge in [0.05, 0.1) is 0 Å². The minimum absolute atomic E-state index is 0.00798. The van der Waals surface area contributed by atoms with Crippen LogP contribution in [0.25, 0.3) is 5.57 Å². The van der Waals surface area contributed by atoms with Gasteiger partial charge in [0.25, 0.3) is 0 Å². The highest BCUT2D eigenvalue weighted by Crippen LogP contribution is 2.48. The van der Waals surface area contributed by atoms with Crippen molar-refractivity contribution in [1.29, 1.82) is 0 Å². The number of benzene rings is 2. The minimum Gasteiger partial charge on any atom is -0.103 e. The zero-order valence-corrected chi connectivity index (χ0v) is 27.8. The molecule has 2 aromatic rings. The van der Waals surface area contributed by atoms with Gasteiger partial charge in [-0.25, -0.2) is 0 Å². The van der Waals surface area contributed by atoms with E-state index in [-0.39, 0.29) is 5.41 Å². The van der Waals surface area contributed by atoms with Crippen LogP contribution in [0.3, 0.4) is 0 Å². The topological polar surface area (TPSA) is 0 Å². The Labute approximate surface area is 253 Å². The summed E-state index contributed by atoms with van der Waals surface area (Å²) < 4.78 is 0. The molecule has 1 aliphatic carbocycles. The molecule has 41 heavy (non-hydrogen) atoms. The van der Waals surface area contributed by atoms with Gasteiger partial charge in [-0.15, -0.1) is 6.58 Å². The number of allylic oxidation sites excluding steroid dienone is 6. The van der Waals surface area contributed by atoms with Crippen LogP contribution in [0.2, 0.25) is 0 Å². The van der Waals surface area contributed by atoms with E-state index in [2.05, 4.69) is 117 Å². The molecule has 0 bridgehead atoms. The van der Waals surface area contributed by atoms with Gasteiger partial charge in [-0.3, -0.25) is 0 Å². The van der Waals surface area contributed by atoms with E-state index in [0.29, 0.717) is 11.8 Å². The molecular weight excluding hydrogens is 492 g/mol. The molecule has 2 atom stereocenters. The van der Waals surface area contributed by atoms with E-state index in [4.69, 9.17) is 0 Å².